The molecule has 19 heavy (non-hydrogen) atoms. The van der Waals surface area contributed by atoms with Gasteiger partial charge in [-0.1, -0.05) is 17.7 Å². The van der Waals surface area contributed by atoms with Crippen molar-refractivity contribution in [1.29, 1.82) is 0 Å². The number of anilines is 1. The molecule has 0 spiro atoms. The first kappa shape index (κ1) is 12.1. The molecule has 1 aromatic carbocycles. The van der Waals surface area contributed by atoms with Crippen LogP contribution in [0.25, 0.3) is 10.9 Å². The summed E-state index contributed by atoms with van der Waals surface area (Å²) in [5.74, 6) is 0. The highest BCUT2D eigenvalue weighted by atomic mass is 35.5. The van der Waals surface area contributed by atoms with Gasteiger partial charge in [0.2, 0.25) is 0 Å². The lowest BCUT2D eigenvalue weighted by Crippen LogP contribution is -1.97. The Morgan fingerprint density at radius 3 is 3.11 bits per heavy atom. The molecule has 0 amide bonds. The molecule has 0 fully saturated rings. The molecule has 5 heteroatoms. The number of nitrogens with zero attached hydrogens (tertiary/aromatic N) is 2. The van der Waals surface area contributed by atoms with Crippen LogP contribution in [0.1, 0.15) is 12.5 Å². The lowest BCUT2D eigenvalue weighted by atomic mass is 10.2. The highest BCUT2D eigenvalue weighted by Crippen LogP contribution is 2.22. The molecule has 0 saturated heterocycles. The average molecular weight is 275 g/mol. The number of aromatic nitrogens is 3. The smallest absolute Gasteiger partial charge is 0.0729 e. The molecule has 0 atom stereocenters. The number of aryl methyl sites for hydroxylation is 1. The number of H-pyrrole nitrogens is 1. The molecule has 4 nitrogen and oxygen atoms in total. The van der Waals surface area contributed by atoms with E-state index in [4.69, 9.17) is 11.6 Å². The molecule has 0 bridgehead atoms. The van der Waals surface area contributed by atoms with E-state index in [1.54, 1.807) is 0 Å². The van der Waals surface area contributed by atoms with E-state index in [0.717, 1.165) is 29.3 Å². The Kier molecular flexibility index (Phi) is 3.17. The molecule has 0 radical (unpaired) electrons. The summed E-state index contributed by atoms with van der Waals surface area (Å²) in [5.41, 5.74) is 3.31. The third kappa shape index (κ3) is 2.44. The number of fused-ring (bicyclic) bond motifs is 1. The molecule has 2 N–H and O–H groups in total. The van der Waals surface area contributed by atoms with E-state index in [9.17, 15) is 0 Å². The van der Waals surface area contributed by atoms with Gasteiger partial charge in [0.05, 0.1) is 11.9 Å². The minimum atomic E-state index is 0.748. The van der Waals surface area contributed by atoms with Crippen molar-refractivity contribution in [3.05, 3.63) is 47.4 Å². The molecule has 0 saturated carbocycles. The molecular formula is C14H15ClN4. The molecule has 3 rings (SSSR count). The number of halogens is 1. The fourth-order valence-corrected chi connectivity index (χ4v) is 2.30. The number of aromatic amines is 1. The van der Waals surface area contributed by atoms with Crippen LogP contribution in [0.4, 0.5) is 5.69 Å². The summed E-state index contributed by atoms with van der Waals surface area (Å²) in [6, 6.07) is 5.90. The number of benzene rings is 1. The molecule has 0 aliphatic carbocycles. The summed E-state index contributed by atoms with van der Waals surface area (Å²) in [6.07, 6.45) is 5.86. The molecule has 0 aliphatic heterocycles. The van der Waals surface area contributed by atoms with E-state index in [1.165, 1.54) is 10.9 Å². The van der Waals surface area contributed by atoms with Gasteiger partial charge < -0.3 is 10.3 Å². The topological polar surface area (TPSA) is 45.6 Å². The van der Waals surface area contributed by atoms with Crippen molar-refractivity contribution < 1.29 is 0 Å². The van der Waals surface area contributed by atoms with Crippen LogP contribution < -0.4 is 5.32 Å². The Hall–Kier alpha value is -1.94. The first-order valence-electron chi connectivity index (χ1n) is 6.28. The highest BCUT2D eigenvalue weighted by molar-refractivity contribution is 6.31. The number of rotatable bonds is 4. The van der Waals surface area contributed by atoms with Gasteiger partial charge in [-0.3, -0.25) is 4.68 Å². The van der Waals surface area contributed by atoms with Crippen molar-refractivity contribution in [2.45, 2.75) is 20.0 Å². The molecule has 98 valence electrons. The summed E-state index contributed by atoms with van der Waals surface area (Å²) in [5, 5.41) is 9.55. The van der Waals surface area contributed by atoms with Gasteiger partial charge in [-0.15, -0.1) is 0 Å². The van der Waals surface area contributed by atoms with Gasteiger partial charge in [-0.05, 0) is 24.6 Å². The van der Waals surface area contributed by atoms with Gasteiger partial charge in [0.25, 0.3) is 0 Å². The van der Waals surface area contributed by atoms with E-state index < -0.39 is 0 Å². The van der Waals surface area contributed by atoms with Crippen LogP contribution in [0.2, 0.25) is 5.02 Å². The zero-order chi connectivity index (χ0) is 13.2. The second-order valence-electron chi connectivity index (χ2n) is 4.44. The Morgan fingerprint density at radius 2 is 2.32 bits per heavy atom. The van der Waals surface area contributed by atoms with Gasteiger partial charge in [0.15, 0.2) is 0 Å². The largest absolute Gasteiger partial charge is 0.378 e. The number of hydrogen-bond acceptors (Lipinski definition) is 2. The Bertz CT molecular complexity index is 698. The number of hydrogen-bond donors (Lipinski definition) is 2. The fraction of sp³-hybridized carbons (Fsp3) is 0.214. The third-order valence-corrected chi connectivity index (χ3v) is 3.40. The van der Waals surface area contributed by atoms with Crippen molar-refractivity contribution in [1.82, 2.24) is 14.8 Å². The SMILES string of the molecule is CCn1cc(NCc2c[nH]c3cc(Cl)ccc23)cn1. The lowest BCUT2D eigenvalue weighted by Gasteiger charge is -2.02. The zero-order valence-corrected chi connectivity index (χ0v) is 11.4. The zero-order valence-electron chi connectivity index (χ0n) is 10.7. The summed E-state index contributed by atoms with van der Waals surface area (Å²) in [6.45, 7) is 3.71. The second kappa shape index (κ2) is 4.97. The normalized spacial score (nSPS) is 11.1. The standard InChI is InChI=1S/C14H15ClN4/c1-2-19-9-12(8-18-19)16-6-10-7-17-14-5-11(15)3-4-13(10)14/h3-5,7-9,16-17H,2,6H2,1H3. The predicted octanol–water partition coefficient (Wildman–Crippen LogP) is 3.65. The van der Waals surface area contributed by atoms with Gasteiger partial charge in [-0.2, -0.15) is 5.10 Å². The summed E-state index contributed by atoms with van der Waals surface area (Å²) < 4.78 is 1.90. The first-order chi connectivity index (χ1) is 9.26. The minimum Gasteiger partial charge on any atom is -0.378 e. The van der Waals surface area contributed by atoms with E-state index >= 15 is 0 Å². The molecule has 2 aromatic heterocycles. The Balaban J connectivity index is 1.78. The maximum Gasteiger partial charge on any atom is 0.0729 e. The van der Waals surface area contributed by atoms with E-state index in [-0.39, 0.29) is 0 Å². The molecule has 2 heterocycles. The van der Waals surface area contributed by atoms with Crippen LogP contribution in [0.3, 0.4) is 0 Å². The Labute approximate surface area is 116 Å². The summed E-state index contributed by atoms with van der Waals surface area (Å²) in [7, 11) is 0. The maximum atomic E-state index is 5.97. The lowest BCUT2D eigenvalue weighted by molar-refractivity contribution is 0.660. The van der Waals surface area contributed by atoms with Gasteiger partial charge in [-0.25, -0.2) is 0 Å². The van der Waals surface area contributed by atoms with Crippen molar-refractivity contribution in [3.8, 4) is 0 Å². The maximum absolute atomic E-state index is 5.97. The second-order valence-corrected chi connectivity index (χ2v) is 4.88. The first-order valence-corrected chi connectivity index (χ1v) is 6.66. The van der Waals surface area contributed by atoms with E-state index in [0.29, 0.717) is 0 Å². The third-order valence-electron chi connectivity index (χ3n) is 3.17. The van der Waals surface area contributed by atoms with Crippen molar-refractivity contribution in [2.75, 3.05) is 5.32 Å². The van der Waals surface area contributed by atoms with Crippen LogP contribution in [-0.4, -0.2) is 14.8 Å². The monoisotopic (exact) mass is 274 g/mol. The van der Waals surface area contributed by atoms with Crippen LogP contribution in [0.15, 0.2) is 36.8 Å². The summed E-state index contributed by atoms with van der Waals surface area (Å²) >= 11 is 5.97. The fourth-order valence-electron chi connectivity index (χ4n) is 2.13. The molecule has 3 aromatic rings. The van der Waals surface area contributed by atoms with Crippen molar-refractivity contribution in [3.63, 3.8) is 0 Å². The van der Waals surface area contributed by atoms with Crippen LogP contribution in [0, 0.1) is 0 Å². The Morgan fingerprint density at radius 1 is 1.42 bits per heavy atom. The number of nitrogens with one attached hydrogen (secondary N) is 2. The van der Waals surface area contributed by atoms with Crippen molar-refractivity contribution >= 4 is 28.2 Å². The predicted molar refractivity (Wildman–Crippen MR) is 78.5 cm³/mol. The quantitative estimate of drug-likeness (QED) is 0.763. The minimum absolute atomic E-state index is 0.748. The van der Waals surface area contributed by atoms with Crippen molar-refractivity contribution in [2.24, 2.45) is 0 Å². The van der Waals surface area contributed by atoms with Gasteiger partial charge >= 0.3 is 0 Å². The molecule has 0 unspecified atom stereocenters. The van der Waals surface area contributed by atoms with Crippen LogP contribution >= 0.6 is 11.6 Å². The van der Waals surface area contributed by atoms with Gasteiger partial charge in [0, 0.05) is 41.4 Å². The average Bonchev–Trinajstić information content (AvgIpc) is 3.02. The molecular weight excluding hydrogens is 260 g/mol. The van der Waals surface area contributed by atoms with E-state index in [2.05, 4.69) is 22.3 Å². The molecule has 0 aliphatic rings. The van der Waals surface area contributed by atoms with Crippen LogP contribution in [-0.2, 0) is 13.1 Å². The van der Waals surface area contributed by atoms with Gasteiger partial charge in [0.1, 0.15) is 0 Å². The summed E-state index contributed by atoms with van der Waals surface area (Å²) in [4.78, 5) is 3.24. The van der Waals surface area contributed by atoms with Crippen LogP contribution in [0.5, 0.6) is 0 Å². The van der Waals surface area contributed by atoms with E-state index in [1.807, 2.05) is 41.5 Å². The highest BCUT2D eigenvalue weighted by Gasteiger charge is 2.04.